The van der Waals surface area contributed by atoms with Gasteiger partial charge in [-0.05, 0) is 17.7 Å². The summed E-state index contributed by atoms with van der Waals surface area (Å²) in [6, 6.07) is 22.9. The number of rotatable bonds is 8. The van der Waals surface area contributed by atoms with Crippen molar-refractivity contribution in [3.63, 3.8) is 0 Å². The minimum absolute atomic E-state index is 0.0765. The number of amides is 2. The highest BCUT2D eigenvalue weighted by Crippen LogP contribution is 2.11. The number of nitrogens with one attached hydrogen (secondary N) is 2. The van der Waals surface area contributed by atoms with E-state index < -0.39 is 16.9 Å². The first-order valence-corrected chi connectivity index (χ1v) is 9.50. The van der Waals surface area contributed by atoms with Crippen LogP contribution in [0.25, 0.3) is 0 Å². The number of nitro benzene ring substituents is 1. The van der Waals surface area contributed by atoms with Gasteiger partial charge in [0.15, 0.2) is 0 Å². The fourth-order valence-corrected chi connectivity index (χ4v) is 2.86. The zero-order chi connectivity index (χ0) is 22.1. The van der Waals surface area contributed by atoms with Gasteiger partial charge in [0.1, 0.15) is 6.04 Å². The number of hydrogen-bond donors (Lipinski definition) is 2. The minimum Gasteiger partial charge on any atom is -0.340 e. The molecule has 0 spiro atoms. The largest absolute Gasteiger partial charge is 0.340 e. The minimum atomic E-state index is -0.864. The molecule has 2 N–H and O–H groups in total. The first-order chi connectivity index (χ1) is 15.0. The molecule has 8 heteroatoms. The number of nitro groups is 1. The van der Waals surface area contributed by atoms with Crippen LogP contribution in [0.5, 0.6) is 0 Å². The quantitative estimate of drug-likeness (QED) is 0.334. The van der Waals surface area contributed by atoms with E-state index in [2.05, 4.69) is 15.8 Å². The molecule has 0 saturated heterocycles. The lowest BCUT2D eigenvalue weighted by molar-refractivity contribution is -0.384. The number of carbonyl (C=O) groups excluding carboxylic acids is 2. The Bertz CT molecular complexity index is 1090. The molecule has 8 nitrogen and oxygen atoms in total. The lowest BCUT2D eigenvalue weighted by atomic mass is 10.0. The van der Waals surface area contributed by atoms with E-state index in [1.807, 2.05) is 30.3 Å². The molecular formula is C23H20N4O4. The lowest BCUT2D eigenvalue weighted by Gasteiger charge is -2.17. The molecule has 156 valence electrons. The van der Waals surface area contributed by atoms with Crippen LogP contribution >= 0.6 is 0 Å². The Morgan fingerprint density at radius 3 is 2.32 bits per heavy atom. The molecule has 0 bridgehead atoms. The average molecular weight is 416 g/mol. The number of nitrogens with zero attached hydrogens (tertiary/aromatic N) is 2. The highest BCUT2D eigenvalue weighted by atomic mass is 16.6. The molecule has 0 aliphatic carbocycles. The second kappa shape index (κ2) is 10.4. The van der Waals surface area contributed by atoms with E-state index in [0.29, 0.717) is 11.1 Å². The van der Waals surface area contributed by atoms with Crippen LogP contribution in [0.2, 0.25) is 0 Å². The third kappa shape index (κ3) is 6.33. The molecule has 2 amide bonds. The second-order valence-corrected chi connectivity index (χ2v) is 6.67. The van der Waals surface area contributed by atoms with Crippen molar-refractivity contribution >= 4 is 23.7 Å². The summed E-state index contributed by atoms with van der Waals surface area (Å²) in [4.78, 5) is 35.6. The van der Waals surface area contributed by atoms with Crippen LogP contribution in [0.15, 0.2) is 90.0 Å². The van der Waals surface area contributed by atoms with Crippen LogP contribution in [-0.2, 0) is 11.2 Å². The van der Waals surface area contributed by atoms with Gasteiger partial charge >= 0.3 is 0 Å². The molecule has 0 radical (unpaired) electrons. The molecule has 0 fully saturated rings. The van der Waals surface area contributed by atoms with Crippen LogP contribution in [0, 0.1) is 10.1 Å². The van der Waals surface area contributed by atoms with E-state index in [1.165, 1.54) is 24.4 Å². The number of hydrogen-bond acceptors (Lipinski definition) is 5. The molecule has 0 aromatic heterocycles. The lowest BCUT2D eigenvalue weighted by Crippen LogP contribution is -2.46. The Kier molecular flexibility index (Phi) is 7.21. The SMILES string of the molecule is O=C(N[C@H](Cc1ccccc1)C(=O)N/N=C\c1cccc([N+](=O)[O-])c1)c1ccccc1. The Labute approximate surface area is 178 Å². The van der Waals surface area contributed by atoms with Gasteiger partial charge in [0.25, 0.3) is 17.5 Å². The van der Waals surface area contributed by atoms with Gasteiger partial charge in [-0.15, -0.1) is 0 Å². The first-order valence-electron chi connectivity index (χ1n) is 9.50. The zero-order valence-electron chi connectivity index (χ0n) is 16.5. The van der Waals surface area contributed by atoms with Gasteiger partial charge < -0.3 is 5.32 Å². The Balaban J connectivity index is 1.71. The van der Waals surface area contributed by atoms with E-state index >= 15 is 0 Å². The van der Waals surface area contributed by atoms with Crippen molar-refractivity contribution in [1.82, 2.24) is 10.7 Å². The fourth-order valence-electron chi connectivity index (χ4n) is 2.86. The van der Waals surface area contributed by atoms with E-state index in [0.717, 1.165) is 5.56 Å². The predicted octanol–water partition coefficient (Wildman–Crippen LogP) is 3.09. The molecule has 0 aliphatic rings. The van der Waals surface area contributed by atoms with Crippen LogP contribution in [0.4, 0.5) is 5.69 Å². The first kappa shape index (κ1) is 21.4. The molecule has 0 unspecified atom stereocenters. The number of hydrazone groups is 1. The van der Waals surface area contributed by atoms with E-state index in [1.54, 1.807) is 36.4 Å². The van der Waals surface area contributed by atoms with Crippen molar-refractivity contribution in [3.8, 4) is 0 Å². The van der Waals surface area contributed by atoms with Gasteiger partial charge in [-0.2, -0.15) is 5.10 Å². The number of carbonyl (C=O) groups is 2. The molecular weight excluding hydrogens is 396 g/mol. The predicted molar refractivity (Wildman–Crippen MR) is 117 cm³/mol. The third-order valence-electron chi connectivity index (χ3n) is 4.41. The standard InChI is InChI=1S/C23H20N4O4/c28-22(19-11-5-2-6-12-19)25-21(15-17-8-3-1-4-9-17)23(29)26-24-16-18-10-7-13-20(14-18)27(30)31/h1-14,16,21H,15H2,(H,25,28)(H,26,29)/b24-16-/t21-/m1/s1. The van der Waals surface area contributed by atoms with Gasteiger partial charge in [-0.1, -0.05) is 60.7 Å². The molecule has 3 aromatic carbocycles. The van der Waals surface area contributed by atoms with E-state index in [-0.39, 0.29) is 18.0 Å². The average Bonchev–Trinajstić information content (AvgIpc) is 2.80. The normalized spacial score (nSPS) is 11.6. The molecule has 0 saturated carbocycles. The van der Waals surface area contributed by atoms with Gasteiger partial charge in [0.2, 0.25) is 0 Å². The Hall–Kier alpha value is -4.33. The molecule has 31 heavy (non-hydrogen) atoms. The monoisotopic (exact) mass is 416 g/mol. The molecule has 1 atom stereocenters. The van der Waals surface area contributed by atoms with Crippen molar-refractivity contribution in [2.45, 2.75) is 12.5 Å². The van der Waals surface area contributed by atoms with Gasteiger partial charge in [0.05, 0.1) is 11.1 Å². The summed E-state index contributed by atoms with van der Waals surface area (Å²) in [7, 11) is 0. The summed E-state index contributed by atoms with van der Waals surface area (Å²) in [5, 5.41) is 17.5. The smallest absolute Gasteiger partial charge is 0.270 e. The van der Waals surface area contributed by atoms with Gasteiger partial charge in [0, 0.05) is 29.7 Å². The summed E-state index contributed by atoms with van der Waals surface area (Å²) in [5.41, 5.74) is 4.10. The molecule has 0 heterocycles. The zero-order valence-corrected chi connectivity index (χ0v) is 16.5. The maximum atomic E-state index is 12.7. The van der Waals surface area contributed by atoms with Crippen molar-refractivity contribution < 1.29 is 14.5 Å². The Morgan fingerprint density at radius 1 is 0.968 bits per heavy atom. The summed E-state index contributed by atoms with van der Waals surface area (Å²) < 4.78 is 0. The second-order valence-electron chi connectivity index (χ2n) is 6.67. The summed E-state index contributed by atoms with van der Waals surface area (Å²) >= 11 is 0. The molecule has 3 rings (SSSR count). The van der Waals surface area contributed by atoms with E-state index in [9.17, 15) is 19.7 Å². The van der Waals surface area contributed by atoms with Crippen molar-refractivity contribution in [2.24, 2.45) is 5.10 Å². The van der Waals surface area contributed by atoms with E-state index in [4.69, 9.17) is 0 Å². The van der Waals surface area contributed by atoms with Crippen LogP contribution in [0.1, 0.15) is 21.5 Å². The number of non-ortho nitro benzene ring substituents is 1. The summed E-state index contributed by atoms with van der Waals surface area (Å²) in [6.45, 7) is 0. The van der Waals surface area contributed by atoms with Crippen molar-refractivity contribution in [2.75, 3.05) is 0 Å². The topological polar surface area (TPSA) is 114 Å². The summed E-state index contributed by atoms with van der Waals surface area (Å²) in [6.07, 6.45) is 1.58. The maximum Gasteiger partial charge on any atom is 0.270 e. The molecule has 0 aliphatic heterocycles. The van der Waals surface area contributed by atoms with Gasteiger partial charge in [-0.3, -0.25) is 19.7 Å². The van der Waals surface area contributed by atoms with Crippen LogP contribution in [0.3, 0.4) is 0 Å². The Morgan fingerprint density at radius 2 is 1.65 bits per heavy atom. The fraction of sp³-hybridized carbons (Fsp3) is 0.0870. The van der Waals surface area contributed by atoms with Crippen LogP contribution < -0.4 is 10.7 Å². The van der Waals surface area contributed by atoms with Crippen molar-refractivity contribution in [3.05, 3.63) is 112 Å². The highest BCUT2D eigenvalue weighted by molar-refractivity contribution is 5.97. The highest BCUT2D eigenvalue weighted by Gasteiger charge is 2.21. The third-order valence-corrected chi connectivity index (χ3v) is 4.41. The van der Waals surface area contributed by atoms with Crippen molar-refractivity contribution in [1.29, 1.82) is 0 Å². The maximum absolute atomic E-state index is 12.7. The molecule has 3 aromatic rings. The van der Waals surface area contributed by atoms with Gasteiger partial charge in [-0.25, -0.2) is 5.43 Å². The van der Waals surface area contributed by atoms with Crippen LogP contribution in [-0.4, -0.2) is 29.0 Å². The number of benzene rings is 3. The summed E-state index contributed by atoms with van der Waals surface area (Å²) in [5.74, 6) is -0.880.